The Morgan fingerprint density at radius 2 is 1.84 bits per heavy atom. The molecule has 0 aromatic heterocycles. The molecule has 2 nitrogen and oxygen atoms in total. The standard InChI is InChI=1S/C16H16BrNO/c17-16-4-2-1-3-12(16)7-8-18-10-13-5-6-15(19)9-14(13)11-18/h1-6,9,19H,7-8,10-11H2. The molecule has 98 valence electrons. The SMILES string of the molecule is Oc1ccc2c(c1)CN(CCc1ccccc1Br)C2. The summed E-state index contributed by atoms with van der Waals surface area (Å²) in [6, 6.07) is 14.1. The summed E-state index contributed by atoms with van der Waals surface area (Å²) in [5.74, 6) is 0.367. The Hall–Kier alpha value is -1.32. The third kappa shape index (κ3) is 2.82. The average Bonchev–Trinajstić information content (AvgIpc) is 2.79. The predicted octanol–water partition coefficient (Wildman–Crippen LogP) is 3.71. The number of benzene rings is 2. The number of phenolic OH excluding ortho intramolecular Hbond substituents is 1. The fraction of sp³-hybridized carbons (Fsp3) is 0.250. The monoisotopic (exact) mass is 317 g/mol. The summed E-state index contributed by atoms with van der Waals surface area (Å²) in [7, 11) is 0. The van der Waals surface area contributed by atoms with Crippen LogP contribution in [-0.4, -0.2) is 16.6 Å². The van der Waals surface area contributed by atoms with Crippen molar-refractivity contribution in [2.75, 3.05) is 6.54 Å². The Morgan fingerprint density at radius 3 is 2.68 bits per heavy atom. The Bertz CT molecular complexity index is 597. The first-order valence-corrected chi connectivity index (χ1v) is 7.28. The molecule has 0 radical (unpaired) electrons. The Balaban J connectivity index is 1.63. The molecule has 0 aliphatic carbocycles. The second kappa shape index (κ2) is 5.35. The molecule has 3 rings (SSSR count). The van der Waals surface area contributed by atoms with Crippen LogP contribution in [0, 0.1) is 0 Å². The molecular formula is C16H16BrNO. The van der Waals surface area contributed by atoms with Gasteiger partial charge in [0.2, 0.25) is 0 Å². The zero-order valence-corrected chi connectivity index (χ0v) is 12.2. The number of aromatic hydroxyl groups is 1. The summed E-state index contributed by atoms with van der Waals surface area (Å²) < 4.78 is 1.18. The van der Waals surface area contributed by atoms with Crippen molar-refractivity contribution in [3.8, 4) is 5.75 Å². The highest BCUT2D eigenvalue weighted by molar-refractivity contribution is 9.10. The second-order valence-electron chi connectivity index (χ2n) is 5.01. The molecule has 0 saturated carbocycles. The van der Waals surface area contributed by atoms with Gasteiger partial charge in [-0.3, -0.25) is 4.90 Å². The average molecular weight is 318 g/mol. The van der Waals surface area contributed by atoms with Gasteiger partial charge in [-0.25, -0.2) is 0 Å². The highest BCUT2D eigenvalue weighted by atomic mass is 79.9. The molecule has 0 bridgehead atoms. The molecule has 1 heterocycles. The van der Waals surface area contributed by atoms with Gasteiger partial charge in [0.05, 0.1) is 0 Å². The van der Waals surface area contributed by atoms with Crippen LogP contribution in [0.15, 0.2) is 46.9 Å². The van der Waals surface area contributed by atoms with Gasteiger partial charge in [-0.2, -0.15) is 0 Å². The molecule has 1 aliphatic heterocycles. The topological polar surface area (TPSA) is 23.5 Å². The van der Waals surface area contributed by atoms with E-state index < -0.39 is 0 Å². The van der Waals surface area contributed by atoms with Crippen LogP contribution < -0.4 is 0 Å². The van der Waals surface area contributed by atoms with E-state index in [0.29, 0.717) is 5.75 Å². The number of phenols is 1. The lowest BCUT2D eigenvalue weighted by Gasteiger charge is -2.15. The first-order valence-electron chi connectivity index (χ1n) is 6.49. The third-order valence-corrected chi connectivity index (χ3v) is 4.41. The van der Waals surface area contributed by atoms with Crippen molar-refractivity contribution in [2.24, 2.45) is 0 Å². The van der Waals surface area contributed by atoms with Gasteiger partial charge in [0.1, 0.15) is 5.75 Å². The molecule has 19 heavy (non-hydrogen) atoms. The maximum Gasteiger partial charge on any atom is 0.115 e. The van der Waals surface area contributed by atoms with Crippen molar-refractivity contribution in [3.63, 3.8) is 0 Å². The molecule has 1 aliphatic rings. The van der Waals surface area contributed by atoms with Gasteiger partial charge in [0, 0.05) is 24.1 Å². The number of halogens is 1. The van der Waals surface area contributed by atoms with E-state index in [-0.39, 0.29) is 0 Å². The van der Waals surface area contributed by atoms with Gasteiger partial charge in [0.15, 0.2) is 0 Å². The lowest BCUT2D eigenvalue weighted by Crippen LogP contribution is -2.19. The number of nitrogens with zero attached hydrogens (tertiary/aromatic N) is 1. The lowest BCUT2D eigenvalue weighted by molar-refractivity contribution is 0.288. The summed E-state index contributed by atoms with van der Waals surface area (Å²) in [4.78, 5) is 2.42. The van der Waals surface area contributed by atoms with Crippen LogP contribution in [0.5, 0.6) is 5.75 Å². The Morgan fingerprint density at radius 1 is 1.05 bits per heavy atom. The highest BCUT2D eigenvalue weighted by Gasteiger charge is 2.18. The molecule has 0 saturated heterocycles. The molecule has 0 atom stereocenters. The van der Waals surface area contributed by atoms with Crippen LogP contribution in [0.2, 0.25) is 0 Å². The molecule has 3 heteroatoms. The fourth-order valence-corrected chi connectivity index (χ4v) is 3.07. The molecule has 0 unspecified atom stereocenters. The van der Waals surface area contributed by atoms with E-state index in [9.17, 15) is 5.11 Å². The van der Waals surface area contributed by atoms with E-state index in [1.165, 1.54) is 21.2 Å². The van der Waals surface area contributed by atoms with Crippen molar-refractivity contribution in [2.45, 2.75) is 19.5 Å². The van der Waals surface area contributed by atoms with Gasteiger partial charge in [-0.05, 0) is 41.3 Å². The molecule has 0 spiro atoms. The van der Waals surface area contributed by atoms with E-state index in [4.69, 9.17) is 0 Å². The second-order valence-corrected chi connectivity index (χ2v) is 5.86. The summed E-state index contributed by atoms with van der Waals surface area (Å²) >= 11 is 3.59. The first kappa shape index (κ1) is 12.7. The molecule has 0 amide bonds. The zero-order valence-electron chi connectivity index (χ0n) is 10.6. The number of hydrogen-bond acceptors (Lipinski definition) is 2. The summed E-state index contributed by atoms with van der Waals surface area (Å²) in [6.07, 6.45) is 1.04. The first-order chi connectivity index (χ1) is 9.22. The Kier molecular flexibility index (Phi) is 3.58. The maximum atomic E-state index is 9.50. The quantitative estimate of drug-likeness (QED) is 0.932. The van der Waals surface area contributed by atoms with E-state index in [0.717, 1.165) is 26.1 Å². The van der Waals surface area contributed by atoms with Gasteiger partial charge in [-0.15, -0.1) is 0 Å². The maximum absolute atomic E-state index is 9.50. The molecule has 1 N–H and O–H groups in total. The van der Waals surface area contributed by atoms with Crippen LogP contribution >= 0.6 is 15.9 Å². The van der Waals surface area contributed by atoms with Crippen LogP contribution in [0.1, 0.15) is 16.7 Å². The van der Waals surface area contributed by atoms with Crippen molar-refractivity contribution in [1.29, 1.82) is 0 Å². The van der Waals surface area contributed by atoms with Gasteiger partial charge < -0.3 is 5.11 Å². The summed E-state index contributed by atoms with van der Waals surface area (Å²) in [5, 5.41) is 9.50. The minimum absolute atomic E-state index is 0.367. The smallest absolute Gasteiger partial charge is 0.115 e. The van der Waals surface area contributed by atoms with Crippen molar-refractivity contribution in [1.82, 2.24) is 4.90 Å². The molecule has 2 aromatic carbocycles. The minimum atomic E-state index is 0.367. The van der Waals surface area contributed by atoms with E-state index in [2.05, 4.69) is 39.0 Å². The number of rotatable bonds is 3. The van der Waals surface area contributed by atoms with Crippen molar-refractivity contribution < 1.29 is 5.11 Å². The predicted molar refractivity (Wildman–Crippen MR) is 80.1 cm³/mol. The van der Waals surface area contributed by atoms with Crippen LogP contribution in [0.3, 0.4) is 0 Å². The third-order valence-electron chi connectivity index (χ3n) is 3.63. The largest absolute Gasteiger partial charge is 0.508 e. The number of hydrogen-bond donors (Lipinski definition) is 1. The fourth-order valence-electron chi connectivity index (χ4n) is 2.59. The normalized spacial score (nSPS) is 14.6. The van der Waals surface area contributed by atoms with Crippen molar-refractivity contribution in [3.05, 3.63) is 63.6 Å². The highest BCUT2D eigenvalue weighted by Crippen LogP contribution is 2.26. The van der Waals surface area contributed by atoms with Crippen LogP contribution in [0.4, 0.5) is 0 Å². The van der Waals surface area contributed by atoms with Crippen LogP contribution in [0.25, 0.3) is 0 Å². The molecular weight excluding hydrogens is 302 g/mol. The van der Waals surface area contributed by atoms with Crippen LogP contribution in [-0.2, 0) is 19.5 Å². The van der Waals surface area contributed by atoms with Gasteiger partial charge in [0.25, 0.3) is 0 Å². The lowest BCUT2D eigenvalue weighted by atomic mass is 10.1. The van der Waals surface area contributed by atoms with E-state index >= 15 is 0 Å². The zero-order chi connectivity index (χ0) is 13.2. The minimum Gasteiger partial charge on any atom is -0.508 e. The van der Waals surface area contributed by atoms with Gasteiger partial charge in [-0.1, -0.05) is 40.2 Å². The summed E-state index contributed by atoms with van der Waals surface area (Å²) in [5.41, 5.74) is 3.94. The molecule has 0 fully saturated rings. The van der Waals surface area contributed by atoms with Crippen molar-refractivity contribution >= 4 is 15.9 Å². The Labute approximate surface area is 121 Å². The van der Waals surface area contributed by atoms with Gasteiger partial charge >= 0.3 is 0 Å². The summed E-state index contributed by atoms with van der Waals surface area (Å²) in [6.45, 7) is 2.96. The van der Waals surface area contributed by atoms with E-state index in [1.54, 1.807) is 6.07 Å². The van der Waals surface area contributed by atoms with E-state index in [1.807, 2.05) is 18.2 Å². The molecule has 2 aromatic rings. The number of fused-ring (bicyclic) bond motifs is 1.